The Balaban J connectivity index is 1.75. The van der Waals surface area contributed by atoms with Crippen LogP contribution in [0.2, 0.25) is 0 Å². The van der Waals surface area contributed by atoms with Gasteiger partial charge in [0.05, 0.1) is 12.0 Å². The zero-order valence-electron chi connectivity index (χ0n) is 10.4. The molecule has 2 nitrogen and oxygen atoms in total. The van der Waals surface area contributed by atoms with Gasteiger partial charge in [0, 0.05) is 12.6 Å². The first kappa shape index (κ1) is 11.9. The fraction of sp³-hybridized carbons (Fsp3) is 0.929. The van der Waals surface area contributed by atoms with Crippen molar-refractivity contribution >= 4 is 0 Å². The summed E-state index contributed by atoms with van der Waals surface area (Å²) in [6.45, 7) is 2.87. The summed E-state index contributed by atoms with van der Waals surface area (Å²) in [5, 5.41) is 12.3. The molecule has 2 rings (SSSR count). The van der Waals surface area contributed by atoms with E-state index < -0.39 is 0 Å². The van der Waals surface area contributed by atoms with Crippen molar-refractivity contribution in [2.75, 3.05) is 6.54 Å². The maximum atomic E-state index is 8.76. The summed E-state index contributed by atoms with van der Waals surface area (Å²) in [5.41, 5.74) is 0. The van der Waals surface area contributed by atoms with E-state index in [-0.39, 0.29) is 5.92 Å². The van der Waals surface area contributed by atoms with Crippen molar-refractivity contribution in [3.05, 3.63) is 0 Å². The third-order valence-electron chi connectivity index (χ3n) is 4.47. The minimum absolute atomic E-state index is 0.157. The molecule has 16 heavy (non-hydrogen) atoms. The van der Waals surface area contributed by atoms with Gasteiger partial charge in [-0.2, -0.15) is 5.26 Å². The molecule has 4 atom stereocenters. The lowest BCUT2D eigenvalue weighted by Crippen LogP contribution is -2.40. The lowest BCUT2D eigenvalue weighted by atomic mass is 9.69. The first-order valence-corrected chi connectivity index (χ1v) is 6.92. The highest BCUT2D eigenvalue weighted by Crippen LogP contribution is 2.40. The van der Waals surface area contributed by atoms with Crippen molar-refractivity contribution < 1.29 is 0 Å². The molecule has 0 saturated heterocycles. The summed E-state index contributed by atoms with van der Waals surface area (Å²) >= 11 is 0. The van der Waals surface area contributed by atoms with E-state index in [1.54, 1.807) is 0 Å². The van der Waals surface area contributed by atoms with Crippen LogP contribution in [0.25, 0.3) is 0 Å². The van der Waals surface area contributed by atoms with Crippen LogP contribution in [-0.2, 0) is 0 Å². The minimum Gasteiger partial charge on any atom is -0.313 e. The standard InChI is InChI=1S/C14H24N2/c1-11(9-15)10-16-14-7-6-12-4-2-3-5-13(12)8-14/h11-14,16H,2-8,10H2,1H3. The Morgan fingerprint density at radius 3 is 2.69 bits per heavy atom. The van der Waals surface area contributed by atoms with E-state index in [4.69, 9.17) is 5.26 Å². The van der Waals surface area contributed by atoms with Crippen molar-refractivity contribution in [1.82, 2.24) is 5.32 Å². The molecule has 1 N–H and O–H groups in total. The van der Waals surface area contributed by atoms with Crippen molar-refractivity contribution in [3.8, 4) is 6.07 Å². The van der Waals surface area contributed by atoms with E-state index in [9.17, 15) is 0 Å². The Hall–Kier alpha value is -0.550. The van der Waals surface area contributed by atoms with Gasteiger partial charge in [-0.05, 0) is 38.0 Å². The molecular weight excluding hydrogens is 196 g/mol. The van der Waals surface area contributed by atoms with Crippen LogP contribution in [0, 0.1) is 29.1 Å². The largest absolute Gasteiger partial charge is 0.313 e. The molecule has 2 aliphatic rings. The lowest BCUT2D eigenvalue weighted by Gasteiger charge is -2.39. The van der Waals surface area contributed by atoms with Gasteiger partial charge in [-0.15, -0.1) is 0 Å². The Kier molecular flexibility index (Phi) is 4.23. The van der Waals surface area contributed by atoms with Crippen molar-refractivity contribution in [2.45, 2.75) is 57.9 Å². The number of nitrogens with zero attached hydrogens (tertiary/aromatic N) is 1. The highest BCUT2D eigenvalue weighted by molar-refractivity contribution is 4.88. The molecule has 4 unspecified atom stereocenters. The van der Waals surface area contributed by atoms with Crippen molar-refractivity contribution in [1.29, 1.82) is 5.26 Å². The van der Waals surface area contributed by atoms with E-state index in [1.165, 1.54) is 44.9 Å². The van der Waals surface area contributed by atoms with Crippen LogP contribution in [0.5, 0.6) is 0 Å². The van der Waals surface area contributed by atoms with Gasteiger partial charge >= 0.3 is 0 Å². The number of rotatable bonds is 3. The zero-order chi connectivity index (χ0) is 11.4. The number of nitriles is 1. The third kappa shape index (κ3) is 2.98. The van der Waals surface area contributed by atoms with Gasteiger partial charge in [-0.3, -0.25) is 0 Å². The van der Waals surface area contributed by atoms with Crippen LogP contribution >= 0.6 is 0 Å². The molecule has 90 valence electrons. The molecule has 0 aromatic rings. The molecule has 2 saturated carbocycles. The number of nitrogens with one attached hydrogen (secondary N) is 1. The number of fused-ring (bicyclic) bond motifs is 1. The molecule has 2 aliphatic carbocycles. The molecule has 0 bridgehead atoms. The summed E-state index contributed by atoms with van der Waals surface area (Å²) in [7, 11) is 0. The van der Waals surface area contributed by atoms with E-state index in [0.717, 1.165) is 18.4 Å². The van der Waals surface area contributed by atoms with Crippen LogP contribution in [-0.4, -0.2) is 12.6 Å². The fourth-order valence-corrected chi connectivity index (χ4v) is 3.45. The van der Waals surface area contributed by atoms with Crippen molar-refractivity contribution in [3.63, 3.8) is 0 Å². The van der Waals surface area contributed by atoms with E-state index >= 15 is 0 Å². The summed E-state index contributed by atoms with van der Waals surface area (Å²) < 4.78 is 0. The van der Waals surface area contributed by atoms with Crippen LogP contribution in [0.4, 0.5) is 0 Å². The molecule has 0 spiro atoms. The molecule has 2 heteroatoms. The molecule has 0 aromatic carbocycles. The first-order valence-electron chi connectivity index (χ1n) is 6.92. The average molecular weight is 220 g/mol. The Bertz CT molecular complexity index is 256. The second kappa shape index (κ2) is 5.68. The summed E-state index contributed by atoms with van der Waals surface area (Å²) in [6, 6.07) is 2.99. The molecule has 0 aromatic heterocycles. The highest BCUT2D eigenvalue weighted by atomic mass is 14.9. The van der Waals surface area contributed by atoms with Crippen LogP contribution in [0.15, 0.2) is 0 Å². The topological polar surface area (TPSA) is 35.8 Å². The lowest BCUT2D eigenvalue weighted by molar-refractivity contribution is 0.143. The van der Waals surface area contributed by atoms with E-state index in [0.29, 0.717) is 6.04 Å². The second-order valence-corrected chi connectivity index (χ2v) is 5.75. The number of hydrogen-bond donors (Lipinski definition) is 1. The predicted octanol–water partition coefficient (Wildman–Crippen LogP) is 3.09. The predicted molar refractivity (Wildman–Crippen MR) is 65.9 cm³/mol. The summed E-state index contributed by atoms with van der Waals surface area (Å²) in [5.74, 6) is 2.17. The quantitative estimate of drug-likeness (QED) is 0.793. The van der Waals surface area contributed by atoms with Gasteiger partial charge in [-0.1, -0.05) is 25.7 Å². The van der Waals surface area contributed by atoms with Crippen LogP contribution in [0.3, 0.4) is 0 Å². The SMILES string of the molecule is CC(C#N)CNC1CCC2CCCCC2C1. The molecule has 0 radical (unpaired) electrons. The fourth-order valence-electron chi connectivity index (χ4n) is 3.45. The normalized spacial score (nSPS) is 36.1. The van der Waals surface area contributed by atoms with E-state index in [1.807, 2.05) is 6.92 Å². The molecule has 2 fully saturated rings. The van der Waals surface area contributed by atoms with Gasteiger partial charge in [0.25, 0.3) is 0 Å². The highest BCUT2D eigenvalue weighted by Gasteiger charge is 2.31. The zero-order valence-corrected chi connectivity index (χ0v) is 10.4. The van der Waals surface area contributed by atoms with E-state index in [2.05, 4.69) is 11.4 Å². The van der Waals surface area contributed by atoms with Gasteiger partial charge in [0.15, 0.2) is 0 Å². The van der Waals surface area contributed by atoms with Gasteiger partial charge in [-0.25, -0.2) is 0 Å². The van der Waals surface area contributed by atoms with Crippen LogP contribution < -0.4 is 5.32 Å². The maximum Gasteiger partial charge on any atom is 0.0666 e. The molecule has 0 amide bonds. The number of hydrogen-bond acceptors (Lipinski definition) is 2. The van der Waals surface area contributed by atoms with Gasteiger partial charge in [0.2, 0.25) is 0 Å². The summed E-state index contributed by atoms with van der Waals surface area (Å²) in [4.78, 5) is 0. The van der Waals surface area contributed by atoms with Crippen LogP contribution in [0.1, 0.15) is 51.9 Å². The maximum absolute atomic E-state index is 8.76. The molecular formula is C14H24N2. The Morgan fingerprint density at radius 1 is 1.19 bits per heavy atom. The average Bonchev–Trinajstić information content (AvgIpc) is 2.35. The Labute approximate surface area is 99.4 Å². The second-order valence-electron chi connectivity index (χ2n) is 5.75. The van der Waals surface area contributed by atoms with Crippen molar-refractivity contribution in [2.24, 2.45) is 17.8 Å². The molecule has 0 heterocycles. The first-order chi connectivity index (χ1) is 7.79. The minimum atomic E-state index is 0.157. The smallest absolute Gasteiger partial charge is 0.0666 e. The van der Waals surface area contributed by atoms with Gasteiger partial charge in [0.1, 0.15) is 0 Å². The molecule has 0 aliphatic heterocycles. The van der Waals surface area contributed by atoms with Gasteiger partial charge < -0.3 is 5.32 Å². The monoisotopic (exact) mass is 220 g/mol. The summed E-state index contributed by atoms with van der Waals surface area (Å²) in [6.07, 6.45) is 9.96. The Morgan fingerprint density at radius 2 is 1.94 bits per heavy atom. The third-order valence-corrected chi connectivity index (χ3v) is 4.47.